The molecule has 0 aliphatic carbocycles. The molecule has 1 amide bonds. The minimum Gasteiger partial charge on any atom is -0.478 e. The number of rotatable bonds is 7. The fraction of sp³-hybridized carbons (Fsp3) is 0.368. The van der Waals surface area contributed by atoms with Gasteiger partial charge < -0.3 is 14.6 Å². The summed E-state index contributed by atoms with van der Waals surface area (Å²) in [6.45, 7) is 0.929. The van der Waals surface area contributed by atoms with Gasteiger partial charge >= 0.3 is 11.9 Å². The van der Waals surface area contributed by atoms with E-state index < -0.39 is 44.9 Å². The number of aromatic carboxylic acids is 1. The molecule has 1 saturated heterocycles. The van der Waals surface area contributed by atoms with Crippen LogP contribution >= 0.6 is 0 Å². The smallest absolute Gasteiger partial charge is 0.335 e. The van der Waals surface area contributed by atoms with Gasteiger partial charge in [-0.3, -0.25) is 14.5 Å². The average Bonchev–Trinajstić information content (AvgIpc) is 3.20. The van der Waals surface area contributed by atoms with Gasteiger partial charge in [0.25, 0.3) is 5.91 Å². The summed E-state index contributed by atoms with van der Waals surface area (Å²) in [7, 11) is -2.58. The van der Waals surface area contributed by atoms with Gasteiger partial charge in [-0.15, -0.1) is 5.10 Å². The Morgan fingerprint density at radius 1 is 1.24 bits per heavy atom. The molecule has 0 bridgehead atoms. The van der Waals surface area contributed by atoms with Crippen molar-refractivity contribution in [2.75, 3.05) is 19.5 Å². The second-order valence-corrected chi connectivity index (χ2v) is 9.55. The molecule has 4 rings (SSSR count). The van der Waals surface area contributed by atoms with Crippen molar-refractivity contribution in [2.24, 2.45) is 0 Å². The number of nitrogens with zero attached hydrogens (tertiary/aromatic N) is 5. The van der Waals surface area contributed by atoms with Crippen LogP contribution in [0.2, 0.25) is 0 Å². The van der Waals surface area contributed by atoms with Crippen molar-refractivity contribution in [3.8, 4) is 0 Å². The predicted molar refractivity (Wildman–Crippen MR) is 109 cm³/mol. The van der Waals surface area contributed by atoms with Crippen LogP contribution in [0.5, 0.6) is 0 Å². The summed E-state index contributed by atoms with van der Waals surface area (Å²) in [5.41, 5.74) is 1.07. The number of esters is 1. The Hall–Kier alpha value is -3.65. The highest BCUT2D eigenvalue weighted by Gasteiger charge is 2.60. The van der Waals surface area contributed by atoms with Crippen molar-refractivity contribution in [1.82, 2.24) is 25.1 Å². The zero-order valence-corrected chi connectivity index (χ0v) is 18.4. The predicted octanol–water partition coefficient (Wildman–Crippen LogP) is -0.694. The van der Waals surface area contributed by atoms with Gasteiger partial charge in [0, 0.05) is 19.6 Å². The maximum atomic E-state index is 12.8. The van der Waals surface area contributed by atoms with Crippen LogP contribution in [-0.2, 0) is 35.4 Å². The van der Waals surface area contributed by atoms with E-state index in [0.717, 1.165) is 4.90 Å². The molecule has 2 atom stereocenters. The minimum atomic E-state index is -3.83. The molecule has 1 N–H and O–H groups in total. The Morgan fingerprint density at radius 2 is 1.94 bits per heavy atom. The number of carboxylic acid groups (broad SMARTS) is 1. The van der Waals surface area contributed by atoms with Crippen molar-refractivity contribution in [2.45, 2.75) is 24.9 Å². The first-order valence-corrected chi connectivity index (χ1v) is 11.4. The lowest BCUT2D eigenvalue weighted by molar-refractivity contribution is -0.156. The third kappa shape index (κ3) is 3.98. The molecule has 2 aliphatic rings. The number of hydrogen-bond donors (Lipinski definition) is 1. The molecule has 13 nitrogen and oxygen atoms in total. The van der Waals surface area contributed by atoms with Crippen molar-refractivity contribution in [3.05, 3.63) is 46.8 Å². The molecule has 14 heteroatoms. The van der Waals surface area contributed by atoms with E-state index in [1.54, 1.807) is 12.1 Å². The van der Waals surface area contributed by atoms with Crippen molar-refractivity contribution in [3.63, 3.8) is 0 Å². The Bertz CT molecular complexity index is 1270. The normalized spacial score (nSPS) is 21.4. The number of ether oxygens (including phenoxy) is 2. The number of methoxy groups -OCH3 is 1. The van der Waals surface area contributed by atoms with E-state index in [0.29, 0.717) is 5.56 Å². The molecule has 0 spiro atoms. The molecule has 0 radical (unpaired) electrons. The molecule has 0 saturated carbocycles. The van der Waals surface area contributed by atoms with Crippen LogP contribution in [0.4, 0.5) is 0 Å². The fourth-order valence-corrected chi connectivity index (χ4v) is 5.79. The van der Waals surface area contributed by atoms with Crippen molar-refractivity contribution < 1.29 is 37.4 Å². The molecule has 174 valence electrons. The second-order valence-electron chi connectivity index (χ2n) is 7.46. The quantitative estimate of drug-likeness (QED) is 0.395. The Labute approximate surface area is 187 Å². The summed E-state index contributed by atoms with van der Waals surface area (Å²) in [6, 6.07) is 6.04. The molecular formula is C19H19N5O8S. The zero-order valence-electron chi connectivity index (χ0n) is 17.5. The monoisotopic (exact) mass is 477 g/mol. The van der Waals surface area contributed by atoms with E-state index in [-0.39, 0.29) is 35.8 Å². The third-order valence-electron chi connectivity index (χ3n) is 5.29. The van der Waals surface area contributed by atoms with Crippen LogP contribution in [0.25, 0.3) is 5.70 Å². The zero-order chi connectivity index (χ0) is 23.9. The maximum Gasteiger partial charge on any atom is 0.335 e. The standard InChI is InChI=1S/C19H19N5O8S/c1-10(25)32-8-13-9-33(29,30)18-15(31-2)17(26)24(18)14(13)16-20-21-22-23(16)7-11-3-5-12(6-4-11)19(27)28/h3-6,15,18H,7-9H2,1-2H3,(H,27,28)/t15-,18+/m0/s1. The lowest BCUT2D eigenvalue weighted by atomic mass is 10.0. The largest absolute Gasteiger partial charge is 0.478 e. The van der Waals surface area contributed by atoms with Gasteiger partial charge in [-0.25, -0.2) is 17.9 Å². The van der Waals surface area contributed by atoms with Gasteiger partial charge in [0.2, 0.25) is 0 Å². The van der Waals surface area contributed by atoms with Crippen LogP contribution in [-0.4, -0.2) is 87.4 Å². The number of benzene rings is 1. The summed E-state index contributed by atoms with van der Waals surface area (Å²) < 4.78 is 37.1. The number of fused-ring (bicyclic) bond motifs is 1. The fourth-order valence-electron chi connectivity index (χ4n) is 3.78. The van der Waals surface area contributed by atoms with E-state index in [9.17, 15) is 22.8 Å². The first-order valence-electron chi connectivity index (χ1n) is 9.65. The van der Waals surface area contributed by atoms with Crippen LogP contribution in [0.15, 0.2) is 29.8 Å². The number of carboxylic acids is 1. The van der Waals surface area contributed by atoms with Crippen LogP contribution in [0.3, 0.4) is 0 Å². The average molecular weight is 477 g/mol. The number of amides is 1. The molecule has 2 aromatic rings. The summed E-state index contributed by atoms with van der Waals surface area (Å²) in [4.78, 5) is 36.2. The van der Waals surface area contributed by atoms with E-state index in [1.165, 1.54) is 30.8 Å². The highest BCUT2D eigenvalue weighted by Crippen LogP contribution is 2.41. The van der Waals surface area contributed by atoms with E-state index in [1.807, 2.05) is 0 Å². The molecule has 1 aromatic heterocycles. The van der Waals surface area contributed by atoms with Crippen molar-refractivity contribution >= 4 is 33.4 Å². The molecule has 0 unspecified atom stereocenters. The highest BCUT2D eigenvalue weighted by molar-refractivity contribution is 7.92. The molecule has 3 heterocycles. The topological polar surface area (TPSA) is 171 Å². The van der Waals surface area contributed by atoms with E-state index in [2.05, 4.69) is 15.5 Å². The van der Waals surface area contributed by atoms with Gasteiger partial charge in [-0.05, 0) is 28.1 Å². The SMILES string of the molecule is CO[C@H]1C(=O)N2C(c3nnnn3Cc3ccc(C(=O)O)cc3)=C(COC(C)=O)CS(=O)(=O)[C@H]12. The number of carbonyl (C=O) groups is 3. The third-order valence-corrected chi connectivity index (χ3v) is 7.24. The Kier molecular flexibility index (Phi) is 5.71. The van der Waals surface area contributed by atoms with E-state index >= 15 is 0 Å². The van der Waals surface area contributed by atoms with E-state index in [4.69, 9.17) is 14.6 Å². The minimum absolute atomic E-state index is 0.0993. The molecule has 33 heavy (non-hydrogen) atoms. The van der Waals surface area contributed by atoms with Gasteiger partial charge in [0.1, 0.15) is 6.61 Å². The van der Waals surface area contributed by atoms with Gasteiger partial charge in [-0.2, -0.15) is 0 Å². The summed E-state index contributed by atoms with van der Waals surface area (Å²) in [6.07, 6.45) is -1.16. The number of β-lactam (4-membered cyclic amide) rings is 1. The molecule has 1 fully saturated rings. The Balaban J connectivity index is 1.76. The molecular weight excluding hydrogens is 458 g/mol. The number of tetrazole rings is 1. The van der Waals surface area contributed by atoms with Crippen LogP contribution in [0, 0.1) is 0 Å². The van der Waals surface area contributed by atoms with Crippen LogP contribution in [0.1, 0.15) is 28.7 Å². The maximum absolute atomic E-state index is 12.8. The lowest BCUT2D eigenvalue weighted by Gasteiger charge is -2.48. The molecule has 1 aromatic carbocycles. The number of carbonyl (C=O) groups excluding carboxylic acids is 2. The molecule has 2 aliphatic heterocycles. The highest BCUT2D eigenvalue weighted by atomic mass is 32.2. The number of sulfone groups is 1. The summed E-state index contributed by atoms with van der Waals surface area (Å²) in [5.74, 6) is -2.64. The van der Waals surface area contributed by atoms with Crippen molar-refractivity contribution in [1.29, 1.82) is 0 Å². The first kappa shape index (κ1) is 22.5. The summed E-state index contributed by atoms with van der Waals surface area (Å²) in [5, 5.41) is 19.4. The lowest BCUT2D eigenvalue weighted by Crippen LogP contribution is -2.69. The van der Waals surface area contributed by atoms with Gasteiger partial charge in [0.15, 0.2) is 27.1 Å². The second kappa shape index (κ2) is 8.37. The summed E-state index contributed by atoms with van der Waals surface area (Å²) >= 11 is 0. The Morgan fingerprint density at radius 3 is 2.55 bits per heavy atom. The first-order chi connectivity index (χ1) is 15.6. The number of hydrogen-bond acceptors (Lipinski definition) is 10. The number of aromatic nitrogens is 4. The van der Waals surface area contributed by atoms with Gasteiger partial charge in [0.05, 0.1) is 23.6 Å². The van der Waals surface area contributed by atoms with Gasteiger partial charge in [-0.1, -0.05) is 12.1 Å². The van der Waals surface area contributed by atoms with Crippen LogP contribution < -0.4 is 0 Å².